The minimum atomic E-state index is -0.254. The maximum absolute atomic E-state index is 6.07. The van der Waals surface area contributed by atoms with E-state index in [2.05, 4.69) is 6.92 Å². The molecular formula is C23H30O4. The lowest BCUT2D eigenvalue weighted by Gasteiger charge is -2.31. The fourth-order valence-electron chi connectivity index (χ4n) is 3.40. The molecule has 0 bridgehead atoms. The SMILES string of the molecule is Cc1ccc(OC(C)OC2CCC(OC(C)Oc3ccccc3)CC2)cc1. The Bertz CT molecular complexity index is 663. The van der Waals surface area contributed by atoms with Crippen LogP contribution < -0.4 is 9.47 Å². The highest BCUT2D eigenvalue weighted by Gasteiger charge is 2.25. The Balaban J connectivity index is 1.36. The molecule has 3 rings (SSSR count). The predicted molar refractivity (Wildman–Crippen MR) is 106 cm³/mol. The number of ether oxygens (including phenoxy) is 4. The van der Waals surface area contributed by atoms with Gasteiger partial charge in [0.2, 0.25) is 0 Å². The van der Waals surface area contributed by atoms with Crippen LogP contribution in [0.25, 0.3) is 0 Å². The van der Waals surface area contributed by atoms with Gasteiger partial charge in [0, 0.05) is 0 Å². The van der Waals surface area contributed by atoms with E-state index in [-0.39, 0.29) is 24.8 Å². The van der Waals surface area contributed by atoms with Crippen LogP contribution in [0.4, 0.5) is 0 Å². The minimum Gasteiger partial charge on any atom is -0.465 e. The fourth-order valence-corrected chi connectivity index (χ4v) is 3.40. The molecule has 0 radical (unpaired) electrons. The van der Waals surface area contributed by atoms with E-state index in [1.165, 1.54) is 5.56 Å². The third kappa shape index (κ3) is 6.56. The number of benzene rings is 2. The lowest BCUT2D eigenvalue weighted by atomic mass is 9.95. The molecule has 0 aliphatic heterocycles. The molecule has 1 aliphatic rings. The van der Waals surface area contributed by atoms with Gasteiger partial charge in [-0.15, -0.1) is 0 Å². The van der Waals surface area contributed by atoms with Crippen molar-refractivity contribution in [2.75, 3.05) is 0 Å². The van der Waals surface area contributed by atoms with E-state index in [0.29, 0.717) is 0 Å². The van der Waals surface area contributed by atoms with Crippen LogP contribution in [0.15, 0.2) is 54.6 Å². The lowest BCUT2D eigenvalue weighted by Crippen LogP contribution is -2.33. The van der Waals surface area contributed by atoms with Crippen LogP contribution in [-0.2, 0) is 9.47 Å². The normalized spacial score (nSPS) is 22.0. The van der Waals surface area contributed by atoms with Gasteiger partial charge in [-0.2, -0.15) is 0 Å². The Morgan fingerprint density at radius 3 is 1.59 bits per heavy atom. The Kier molecular flexibility index (Phi) is 7.13. The molecule has 2 unspecified atom stereocenters. The Hall–Kier alpha value is -2.04. The highest BCUT2D eigenvalue weighted by atomic mass is 16.7. The number of rotatable bonds is 8. The molecule has 1 fully saturated rings. The third-order valence-corrected chi connectivity index (χ3v) is 4.76. The molecule has 4 nitrogen and oxygen atoms in total. The standard InChI is InChI=1S/C23H30O4/c1-17-9-11-21(12-10-17)25-19(3)27-23-15-13-22(14-16-23)26-18(2)24-20-7-5-4-6-8-20/h4-12,18-19,22-23H,13-16H2,1-3H3. The number of hydrogen-bond donors (Lipinski definition) is 0. The summed E-state index contributed by atoms with van der Waals surface area (Å²) in [5, 5.41) is 0. The highest BCUT2D eigenvalue weighted by molar-refractivity contribution is 5.26. The monoisotopic (exact) mass is 370 g/mol. The first-order valence-corrected chi connectivity index (χ1v) is 9.84. The summed E-state index contributed by atoms with van der Waals surface area (Å²) < 4.78 is 23.8. The highest BCUT2D eigenvalue weighted by Crippen LogP contribution is 2.26. The molecule has 4 heteroatoms. The molecule has 0 aromatic heterocycles. The van der Waals surface area contributed by atoms with Crippen molar-refractivity contribution >= 4 is 0 Å². The second kappa shape index (κ2) is 9.77. The van der Waals surface area contributed by atoms with Crippen molar-refractivity contribution in [3.05, 3.63) is 60.2 Å². The summed E-state index contributed by atoms with van der Waals surface area (Å²) in [6.07, 6.45) is 3.84. The molecule has 1 saturated carbocycles. The topological polar surface area (TPSA) is 36.9 Å². The van der Waals surface area contributed by atoms with Gasteiger partial charge in [-0.25, -0.2) is 0 Å². The molecular weight excluding hydrogens is 340 g/mol. The van der Waals surface area contributed by atoms with Gasteiger partial charge >= 0.3 is 0 Å². The van der Waals surface area contributed by atoms with Gasteiger partial charge in [0.05, 0.1) is 12.2 Å². The van der Waals surface area contributed by atoms with Crippen molar-refractivity contribution < 1.29 is 18.9 Å². The summed E-state index contributed by atoms with van der Waals surface area (Å²) in [4.78, 5) is 0. The van der Waals surface area contributed by atoms with Crippen LogP contribution in [0.1, 0.15) is 45.1 Å². The van der Waals surface area contributed by atoms with Gasteiger partial charge in [0.25, 0.3) is 0 Å². The zero-order valence-electron chi connectivity index (χ0n) is 16.5. The quantitative estimate of drug-likeness (QED) is 0.576. The van der Waals surface area contributed by atoms with E-state index in [9.17, 15) is 0 Å². The minimum absolute atomic E-state index is 0.218. The molecule has 1 aliphatic carbocycles. The summed E-state index contributed by atoms with van der Waals surface area (Å²) in [5.74, 6) is 1.68. The molecule has 0 amide bonds. The second-order valence-electron chi connectivity index (χ2n) is 7.17. The smallest absolute Gasteiger partial charge is 0.197 e. The fraction of sp³-hybridized carbons (Fsp3) is 0.478. The van der Waals surface area contributed by atoms with Crippen LogP contribution in [0.2, 0.25) is 0 Å². The molecule has 0 saturated heterocycles. The molecule has 0 spiro atoms. The van der Waals surface area contributed by atoms with Crippen molar-refractivity contribution in [3.63, 3.8) is 0 Å². The zero-order valence-corrected chi connectivity index (χ0v) is 16.5. The first kappa shape index (κ1) is 19.7. The predicted octanol–water partition coefficient (Wildman–Crippen LogP) is 5.49. The van der Waals surface area contributed by atoms with E-state index in [4.69, 9.17) is 18.9 Å². The van der Waals surface area contributed by atoms with Crippen molar-refractivity contribution in [2.45, 2.75) is 71.2 Å². The van der Waals surface area contributed by atoms with Gasteiger partial charge in [0.15, 0.2) is 12.6 Å². The number of aryl methyl sites for hydroxylation is 1. The Morgan fingerprint density at radius 1 is 0.667 bits per heavy atom. The summed E-state index contributed by atoms with van der Waals surface area (Å²) in [6.45, 7) is 5.97. The van der Waals surface area contributed by atoms with E-state index in [1.54, 1.807) is 0 Å². The van der Waals surface area contributed by atoms with Gasteiger partial charge < -0.3 is 18.9 Å². The van der Waals surface area contributed by atoms with Crippen molar-refractivity contribution in [1.82, 2.24) is 0 Å². The van der Waals surface area contributed by atoms with E-state index >= 15 is 0 Å². The molecule has 0 N–H and O–H groups in total. The Labute approximate surface area is 162 Å². The van der Waals surface area contributed by atoms with Crippen molar-refractivity contribution in [3.8, 4) is 11.5 Å². The summed E-state index contributed by atoms with van der Waals surface area (Å²) in [7, 11) is 0. The summed E-state index contributed by atoms with van der Waals surface area (Å²) in [5.41, 5.74) is 1.22. The zero-order chi connectivity index (χ0) is 19.1. The number of para-hydroxylation sites is 1. The molecule has 146 valence electrons. The average Bonchev–Trinajstić information content (AvgIpc) is 2.66. The van der Waals surface area contributed by atoms with Crippen LogP contribution in [0.3, 0.4) is 0 Å². The average molecular weight is 370 g/mol. The summed E-state index contributed by atoms with van der Waals surface area (Å²) in [6, 6.07) is 17.8. The van der Waals surface area contributed by atoms with E-state index in [0.717, 1.165) is 37.2 Å². The Morgan fingerprint density at radius 2 is 1.11 bits per heavy atom. The summed E-state index contributed by atoms with van der Waals surface area (Å²) >= 11 is 0. The maximum atomic E-state index is 6.07. The second-order valence-corrected chi connectivity index (χ2v) is 7.17. The first-order chi connectivity index (χ1) is 13.1. The molecule has 0 heterocycles. The van der Waals surface area contributed by atoms with E-state index in [1.807, 2.05) is 68.4 Å². The maximum Gasteiger partial charge on any atom is 0.197 e. The third-order valence-electron chi connectivity index (χ3n) is 4.76. The van der Waals surface area contributed by atoms with Gasteiger partial charge in [0.1, 0.15) is 11.5 Å². The first-order valence-electron chi connectivity index (χ1n) is 9.84. The van der Waals surface area contributed by atoms with Gasteiger partial charge in [-0.05, 0) is 70.7 Å². The van der Waals surface area contributed by atoms with Gasteiger partial charge in [-0.1, -0.05) is 35.9 Å². The molecule has 27 heavy (non-hydrogen) atoms. The number of hydrogen-bond acceptors (Lipinski definition) is 4. The van der Waals surface area contributed by atoms with Crippen LogP contribution in [-0.4, -0.2) is 24.8 Å². The van der Waals surface area contributed by atoms with Crippen molar-refractivity contribution in [2.24, 2.45) is 0 Å². The van der Waals surface area contributed by atoms with Crippen LogP contribution in [0.5, 0.6) is 11.5 Å². The van der Waals surface area contributed by atoms with Gasteiger partial charge in [-0.3, -0.25) is 0 Å². The molecule has 2 aromatic carbocycles. The molecule has 2 aromatic rings. The van der Waals surface area contributed by atoms with Crippen molar-refractivity contribution in [1.29, 1.82) is 0 Å². The van der Waals surface area contributed by atoms with Crippen LogP contribution >= 0.6 is 0 Å². The van der Waals surface area contributed by atoms with E-state index < -0.39 is 0 Å². The van der Waals surface area contributed by atoms with Crippen LogP contribution in [0, 0.1) is 6.92 Å². The largest absolute Gasteiger partial charge is 0.465 e. The molecule has 2 atom stereocenters. The lowest BCUT2D eigenvalue weighted by molar-refractivity contribution is -0.152.